The van der Waals surface area contributed by atoms with Crippen LogP contribution in [0.1, 0.15) is 0 Å². The van der Waals surface area contributed by atoms with Crippen LogP contribution < -0.4 is 11.5 Å². The third-order valence-corrected chi connectivity index (χ3v) is 1.58. The van der Waals surface area contributed by atoms with Gasteiger partial charge in [0, 0.05) is 0 Å². The fraction of sp³-hybridized carbons (Fsp3) is 0.750. The predicted molar refractivity (Wildman–Crippen MR) is 52.0 cm³/mol. The van der Waals surface area contributed by atoms with Crippen molar-refractivity contribution in [3.8, 4) is 0 Å². The fourth-order valence-corrected chi connectivity index (χ4v) is 0.715. The lowest BCUT2D eigenvalue weighted by molar-refractivity contribution is -0.161. The van der Waals surface area contributed by atoms with E-state index < -0.39 is 37.3 Å². The van der Waals surface area contributed by atoms with E-state index in [1.165, 1.54) is 0 Å². The molecule has 8 heteroatoms. The molecule has 0 aromatic carbocycles. The van der Waals surface area contributed by atoms with Gasteiger partial charge in [0.15, 0.2) is 6.10 Å². The molecule has 0 aliphatic carbocycles. The van der Waals surface area contributed by atoms with Gasteiger partial charge in [-0.05, 0) is 0 Å². The van der Waals surface area contributed by atoms with Crippen molar-refractivity contribution in [2.75, 3.05) is 26.4 Å². The van der Waals surface area contributed by atoms with E-state index in [1.807, 2.05) is 0 Å². The molecule has 16 heavy (non-hydrogen) atoms. The summed E-state index contributed by atoms with van der Waals surface area (Å²) in [7, 11) is 0. The molecule has 0 fully saturated rings. The van der Waals surface area contributed by atoms with Crippen LogP contribution in [0.3, 0.4) is 0 Å². The van der Waals surface area contributed by atoms with Crippen LogP contribution in [0.4, 0.5) is 0 Å². The van der Waals surface area contributed by atoms with Crippen molar-refractivity contribution in [2.24, 2.45) is 11.5 Å². The average molecular weight is 236 g/mol. The van der Waals surface area contributed by atoms with Crippen LogP contribution in [0.2, 0.25) is 0 Å². The molecular weight excluding hydrogens is 220 g/mol. The first-order chi connectivity index (χ1) is 7.54. The lowest BCUT2D eigenvalue weighted by Gasteiger charge is -2.16. The Balaban J connectivity index is 3.95. The second-order valence-electron chi connectivity index (χ2n) is 2.92. The summed E-state index contributed by atoms with van der Waals surface area (Å²) in [5.74, 6) is -1.56. The number of carbonyl (C=O) groups is 2. The second-order valence-corrected chi connectivity index (χ2v) is 2.92. The number of esters is 2. The zero-order valence-corrected chi connectivity index (χ0v) is 8.67. The van der Waals surface area contributed by atoms with Crippen LogP contribution in [0.25, 0.3) is 0 Å². The maximum absolute atomic E-state index is 11.0. The lowest BCUT2D eigenvalue weighted by atomic mass is 10.3. The standard InChI is InChI=1S/C8H16N2O6/c9-1-7(13)16-5(2-11)4-15-8(14)6(10)3-12/h5-6,11-12H,1-4,9-10H2/t5?,6-/m0/s1. The van der Waals surface area contributed by atoms with Crippen LogP contribution in [0.5, 0.6) is 0 Å². The first-order valence-corrected chi connectivity index (χ1v) is 4.58. The molecule has 0 aromatic rings. The number of hydrogen-bond donors (Lipinski definition) is 4. The largest absolute Gasteiger partial charge is 0.460 e. The highest BCUT2D eigenvalue weighted by atomic mass is 16.6. The Morgan fingerprint density at radius 3 is 2.31 bits per heavy atom. The molecule has 0 bridgehead atoms. The molecule has 0 spiro atoms. The number of rotatable bonds is 7. The van der Waals surface area contributed by atoms with Gasteiger partial charge in [0.1, 0.15) is 12.6 Å². The lowest BCUT2D eigenvalue weighted by Crippen LogP contribution is -2.38. The van der Waals surface area contributed by atoms with Gasteiger partial charge in [-0.25, -0.2) is 0 Å². The van der Waals surface area contributed by atoms with Gasteiger partial charge in [-0.2, -0.15) is 0 Å². The number of hydrogen-bond acceptors (Lipinski definition) is 8. The van der Waals surface area contributed by atoms with E-state index >= 15 is 0 Å². The quantitative estimate of drug-likeness (QED) is 0.336. The molecule has 0 aliphatic rings. The summed E-state index contributed by atoms with van der Waals surface area (Å²) in [6.07, 6.45) is -0.981. The number of carbonyl (C=O) groups excluding carboxylic acids is 2. The van der Waals surface area contributed by atoms with Crippen molar-refractivity contribution in [3.05, 3.63) is 0 Å². The minimum atomic E-state index is -1.15. The van der Waals surface area contributed by atoms with Crippen LogP contribution in [0, 0.1) is 0 Å². The van der Waals surface area contributed by atoms with Gasteiger partial charge in [-0.3, -0.25) is 9.59 Å². The van der Waals surface area contributed by atoms with E-state index in [1.54, 1.807) is 0 Å². The zero-order valence-electron chi connectivity index (χ0n) is 8.67. The van der Waals surface area contributed by atoms with E-state index in [-0.39, 0.29) is 13.2 Å². The van der Waals surface area contributed by atoms with Gasteiger partial charge >= 0.3 is 11.9 Å². The molecule has 0 heterocycles. The summed E-state index contributed by atoms with van der Waals surface area (Å²) in [5, 5.41) is 17.3. The Kier molecular flexibility index (Phi) is 7.38. The van der Waals surface area contributed by atoms with E-state index in [0.717, 1.165) is 0 Å². The summed E-state index contributed by atoms with van der Waals surface area (Å²) in [6.45, 7) is -1.73. The van der Waals surface area contributed by atoms with E-state index in [2.05, 4.69) is 9.47 Å². The fourth-order valence-electron chi connectivity index (χ4n) is 0.715. The monoisotopic (exact) mass is 236 g/mol. The Morgan fingerprint density at radius 2 is 1.88 bits per heavy atom. The average Bonchev–Trinajstić information content (AvgIpc) is 2.32. The molecule has 6 N–H and O–H groups in total. The van der Waals surface area contributed by atoms with Crippen LogP contribution in [0.15, 0.2) is 0 Å². The molecule has 0 saturated heterocycles. The van der Waals surface area contributed by atoms with Crippen molar-refractivity contribution in [2.45, 2.75) is 12.1 Å². The van der Waals surface area contributed by atoms with Crippen LogP contribution >= 0.6 is 0 Å². The van der Waals surface area contributed by atoms with Crippen molar-refractivity contribution in [1.29, 1.82) is 0 Å². The number of nitrogens with two attached hydrogens (primary N) is 2. The smallest absolute Gasteiger partial charge is 0.325 e. The van der Waals surface area contributed by atoms with Gasteiger partial charge in [0.05, 0.1) is 19.8 Å². The van der Waals surface area contributed by atoms with Crippen molar-refractivity contribution >= 4 is 11.9 Å². The Labute approximate surface area is 92.1 Å². The van der Waals surface area contributed by atoms with Gasteiger partial charge in [-0.1, -0.05) is 0 Å². The molecule has 0 aliphatic heterocycles. The highest BCUT2D eigenvalue weighted by Crippen LogP contribution is 1.95. The molecule has 0 rings (SSSR count). The molecule has 0 aromatic heterocycles. The molecule has 1 unspecified atom stereocenters. The Bertz CT molecular complexity index is 235. The molecule has 0 radical (unpaired) electrons. The summed E-state index contributed by atoms with van der Waals surface area (Å²) in [4.78, 5) is 21.7. The molecule has 2 atom stereocenters. The molecule has 94 valence electrons. The summed E-state index contributed by atoms with van der Waals surface area (Å²) in [5.41, 5.74) is 10.1. The second kappa shape index (κ2) is 7.99. The predicted octanol–water partition coefficient (Wildman–Crippen LogP) is -3.29. The minimum Gasteiger partial charge on any atom is -0.460 e. The van der Waals surface area contributed by atoms with Crippen LogP contribution in [-0.2, 0) is 19.1 Å². The summed E-state index contributed by atoms with van der Waals surface area (Å²) in [6, 6.07) is -1.15. The van der Waals surface area contributed by atoms with E-state index in [4.69, 9.17) is 21.7 Å². The number of ether oxygens (including phenoxy) is 2. The summed E-state index contributed by atoms with van der Waals surface area (Å²) < 4.78 is 9.21. The van der Waals surface area contributed by atoms with Crippen molar-refractivity contribution in [3.63, 3.8) is 0 Å². The third-order valence-electron chi connectivity index (χ3n) is 1.58. The maximum atomic E-state index is 11.0. The maximum Gasteiger partial charge on any atom is 0.325 e. The minimum absolute atomic E-state index is 0.333. The highest BCUT2D eigenvalue weighted by Gasteiger charge is 2.18. The third kappa shape index (κ3) is 5.61. The topological polar surface area (TPSA) is 145 Å². The van der Waals surface area contributed by atoms with E-state index in [9.17, 15) is 9.59 Å². The number of aliphatic hydroxyl groups is 2. The van der Waals surface area contributed by atoms with E-state index in [0.29, 0.717) is 0 Å². The molecule has 8 nitrogen and oxygen atoms in total. The van der Waals surface area contributed by atoms with Gasteiger partial charge in [0.2, 0.25) is 0 Å². The Morgan fingerprint density at radius 1 is 1.25 bits per heavy atom. The van der Waals surface area contributed by atoms with Gasteiger partial charge in [-0.15, -0.1) is 0 Å². The van der Waals surface area contributed by atoms with Gasteiger partial charge in [0.25, 0.3) is 0 Å². The molecule has 0 amide bonds. The highest BCUT2D eigenvalue weighted by molar-refractivity contribution is 5.75. The van der Waals surface area contributed by atoms with Crippen molar-refractivity contribution in [1.82, 2.24) is 0 Å². The molecule has 0 saturated carbocycles. The normalized spacial score (nSPS) is 14.0. The molecular formula is C8H16N2O6. The van der Waals surface area contributed by atoms with Crippen LogP contribution in [-0.4, -0.2) is 60.7 Å². The SMILES string of the molecule is NCC(=O)OC(CO)COC(=O)[C@@H](N)CO. The number of aliphatic hydroxyl groups excluding tert-OH is 2. The first-order valence-electron chi connectivity index (χ1n) is 4.58. The Hall–Kier alpha value is -1.22. The zero-order chi connectivity index (χ0) is 12.6. The van der Waals surface area contributed by atoms with Crippen molar-refractivity contribution < 1.29 is 29.3 Å². The first kappa shape index (κ1) is 14.8. The summed E-state index contributed by atoms with van der Waals surface area (Å²) >= 11 is 0. The van der Waals surface area contributed by atoms with Gasteiger partial charge < -0.3 is 31.2 Å².